The van der Waals surface area contributed by atoms with Crippen LogP contribution in [-0.2, 0) is 9.59 Å². The molecule has 2 amide bonds. The van der Waals surface area contributed by atoms with Crippen molar-refractivity contribution in [3.05, 3.63) is 28.8 Å². The van der Waals surface area contributed by atoms with Gasteiger partial charge < -0.3 is 15.7 Å². The highest BCUT2D eigenvalue weighted by molar-refractivity contribution is 6.34. The highest BCUT2D eigenvalue weighted by Gasteiger charge is 2.33. The molecule has 6 nitrogen and oxygen atoms in total. The zero-order valence-electron chi connectivity index (χ0n) is 15.2. The summed E-state index contributed by atoms with van der Waals surface area (Å²) in [5.41, 5.74) is 0.840. The van der Waals surface area contributed by atoms with Crippen LogP contribution in [0.1, 0.15) is 61.7 Å². The Morgan fingerprint density at radius 2 is 1.70 bits per heavy atom. The fraction of sp³-hybridized carbons (Fsp3) is 0.550. The number of anilines is 1. The fourth-order valence-corrected chi connectivity index (χ4v) is 4.18. The van der Waals surface area contributed by atoms with E-state index in [2.05, 4.69) is 10.6 Å². The van der Waals surface area contributed by atoms with Gasteiger partial charge in [-0.3, -0.25) is 14.4 Å². The van der Waals surface area contributed by atoms with Crippen LogP contribution in [0.15, 0.2) is 18.2 Å². The lowest BCUT2D eigenvalue weighted by Crippen LogP contribution is -2.36. The molecule has 0 unspecified atom stereocenters. The van der Waals surface area contributed by atoms with E-state index >= 15 is 0 Å². The minimum absolute atomic E-state index is 0.173. The van der Waals surface area contributed by atoms with Gasteiger partial charge in [-0.15, -0.1) is 0 Å². The van der Waals surface area contributed by atoms with E-state index in [0.29, 0.717) is 35.5 Å². The second kappa shape index (κ2) is 8.74. The maximum Gasteiger partial charge on any atom is 0.306 e. The Labute approximate surface area is 163 Å². The number of hydrogen-bond donors (Lipinski definition) is 3. The molecule has 0 spiro atoms. The van der Waals surface area contributed by atoms with Crippen molar-refractivity contribution < 1.29 is 19.5 Å². The van der Waals surface area contributed by atoms with Crippen LogP contribution in [0.4, 0.5) is 5.69 Å². The first-order valence-corrected chi connectivity index (χ1v) is 9.96. The van der Waals surface area contributed by atoms with Gasteiger partial charge in [0.2, 0.25) is 5.91 Å². The fourth-order valence-electron chi connectivity index (χ4n) is 3.98. The number of carboxylic acids is 1. The van der Waals surface area contributed by atoms with Gasteiger partial charge in [0.05, 0.1) is 16.5 Å². The number of halogens is 1. The first kappa shape index (κ1) is 19.7. The zero-order chi connectivity index (χ0) is 19.4. The lowest BCUT2D eigenvalue weighted by atomic mass is 9.95. The Bertz CT molecular complexity index is 731. The van der Waals surface area contributed by atoms with Gasteiger partial charge in [-0.2, -0.15) is 0 Å². The molecular formula is C20H25ClN2O4. The molecule has 2 fully saturated rings. The number of amides is 2. The van der Waals surface area contributed by atoms with Gasteiger partial charge in [0.1, 0.15) is 0 Å². The summed E-state index contributed by atoms with van der Waals surface area (Å²) in [5, 5.41) is 15.2. The van der Waals surface area contributed by atoms with Crippen LogP contribution in [-0.4, -0.2) is 28.9 Å². The second-order valence-electron chi connectivity index (χ2n) is 7.54. The number of hydrogen-bond acceptors (Lipinski definition) is 3. The third kappa shape index (κ3) is 5.01. The number of benzene rings is 1. The van der Waals surface area contributed by atoms with E-state index in [-0.39, 0.29) is 23.8 Å². The molecule has 7 heteroatoms. The summed E-state index contributed by atoms with van der Waals surface area (Å²) in [6.07, 6.45) is 6.83. The van der Waals surface area contributed by atoms with Crippen molar-refractivity contribution in [1.29, 1.82) is 0 Å². The van der Waals surface area contributed by atoms with Crippen molar-refractivity contribution in [2.45, 2.75) is 57.4 Å². The van der Waals surface area contributed by atoms with Crippen LogP contribution in [0.25, 0.3) is 0 Å². The van der Waals surface area contributed by atoms with Crippen molar-refractivity contribution >= 4 is 35.1 Å². The normalized spacial score (nSPS) is 23.0. The van der Waals surface area contributed by atoms with E-state index in [9.17, 15) is 14.4 Å². The monoisotopic (exact) mass is 392 g/mol. The Balaban J connectivity index is 1.63. The maximum atomic E-state index is 12.6. The quantitative estimate of drug-likeness (QED) is 0.709. The van der Waals surface area contributed by atoms with E-state index in [0.717, 1.165) is 25.7 Å². The number of carboxylic acid groups (broad SMARTS) is 1. The van der Waals surface area contributed by atoms with Gasteiger partial charge in [-0.1, -0.05) is 30.9 Å². The Morgan fingerprint density at radius 3 is 2.37 bits per heavy atom. The first-order valence-electron chi connectivity index (χ1n) is 9.58. The van der Waals surface area contributed by atoms with E-state index < -0.39 is 11.9 Å². The van der Waals surface area contributed by atoms with Crippen molar-refractivity contribution in [3.63, 3.8) is 0 Å². The summed E-state index contributed by atoms with van der Waals surface area (Å²) < 4.78 is 0. The molecule has 2 aliphatic rings. The largest absolute Gasteiger partial charge is 0.481 e. The Kier molecular flexibility index (Phi) is 6.37. The summed E-state index contributed by atoms with van der Waals surface area (Å²) in [4.78, 5) is 36.1. The Hall–Kier alpha value is -2.08. The van der Waals surface area contributed by atoms with E-state index in [1.807, 2.05) is 0 Å². The zero-order valence-corrected chi connectivity index (χ0v) is 15.9. The van der Waals surface area contributed by atoms with Crippen LogP contribution in [0.5, 0.6) is 0 Å². The molecule has 27 heavy (non-hydrogen) atoms. The van der Waals surface area contributed by atoms with Gasteiger partial charge in [0.15, 0.2) is 0 Å². The molecule has 0 aromatic heterocycles. The van der Waals surface area contributed by atoms with E-state index in [1.165, 1.54) is 6.42 Å². The van der Waals surface area contributed by atoms with Crippen molar-refractivity contribution in [1.82, 2.24) is 5.32 Å². The molecule has 3 rings (SSSR count). The van der Waals surface area contributed by atoms with Crippen molar-refractivity contribution in [2.24, 2.45) is 11.8 Å². The van der Waals surface area contributed by atoms with Gasteiger partial charge >= 0.3 is 5.97 Å². The number of rotatable bonds is 5. The number of nitrogens with one attached hydrogen (secondary N) is 2. The van der Waals surface area contributed by atoms with Gasteiger partial charge in [-0.05, 0) is 50.3 Å². The molecule has 146 valence electrons. The topological polar surface area (TPSA) is 95.5 Å². The smallest absolute Gasteiger partial charge is 0.306 e. The molecule has 1 aromatic carbocycles. The lowest BCUT2D eigenvalue weighted by molar-refractivity contribution is -0.141. The van der Waals surface area contributed by atoms with Crippen molar-refractivity contribution in [3.8, 4) is 0 Å². The predicted molar refractivity (Wildman–Crippen MR) is 103 cm³/mol. The number of carbonyl (C=O) groups is 3. The van der Waals surface area contributed by atoms with Crippen LogP contribution < -0.4 is 10.6 Å². The maximum absolute atomic E-state index is 12.6. The standard InChI is InChI=1S/C20H25ClN2O4/c21-17-9-8-15(23-18(24)12-6-7-13(10-12)20(26)27)11-16(17)19(25)22-14-4-2-1-3-5-14/h8-9,11-14H,1-7,10H2,(H,22,25)(H,23,24)(H,26,27)/t12-,13+/m0/s1. The molecular weight excluding hydrogens is 368 g/mol. The second-order valence-corrected chi connectivity index (χ2v) is 7.94. The molecule has 1 aromatic rings. The third-order valence-electron chi connectivity index (χ3n) is 5.57. The molecule has 3 N–H and O–H groups in total. The summed E-state index contributed by atoms with van der Waals surface area (Å²) in [5.74, 6) is -2.06. The third-order valence-corrected chi connectivity index (χ3v) is 5.90. The van der Waals surface area contributed by atoms with E-state index in [1.54, 1.807) is 18.2 Å². The van der Waals surface area contributed by atoms with Gasteiger partial charge in [0, 0.05) is 17.6 Å². The van der Waals surface area contributed by atoms with Crippen LogP contribution in [0.2, 0.25) is 5.02 Å². The van der Waals surface area contributed by atoms with Gasteiger partial charge in [-0.25, -0.2) is 0 Å². The number of aliphatic carboxylic acids is 1. The molecule has 0 radical (unpaired) electrons. The van der Waals surface area contributed by atoms with E-state index in [4.69, 9.17) is 16.7 Å². The average molecular weight is 393 g/mol. The average Bonchev–Trinajstić information content (AvgIpc) is 3.15. The Morgan fingerprint density at radius 1 is 1.00 bits per heavy atom. The predicted octanol–water partition coefficient (Wildman–Crippen LogP) is 3.84. The molecule has 0 saturated heterocycles. The molecule has 0 aliphatic heterocycles. The van der Waals surface area contributed by atoms with Gasteiger partial charge in [0.25, 0.3) is 5.91 Å². The van der Waals surface area contributed by atoms with Crippen molar-refractivity contribution in [2.75, 3.05) is 5.32 Å². The first-order chi connectivity index (χ1) is 12.9. The van der Waals surface area contributed by atoms with Crippen LogP contribution in [0, 0.1) is 11.8 Å². The summed E-state index contributed by atoms with van der Waals surface area (Å²) in [6, 6.07) is 5.01. The molecule has 0 heterocycles. The summed E-state index contributed by atoms with van der Waals surface area (Å²) in [7, 11) is 0. The molecule has 2 atom stereocenters. The van der Waals surface area contributed by atoms with Crippen LogP contribution in [0.3, 0.4) is 0 Å². The summed E-state index contributed by atoms with van der Waals surface area (Å²) in [6.45, 7) is 0. The number of carbonyl (C=O) groups excluding carboxylic acids is 2. The SMILES string of the molecule is O=C(NC1CCCCC1)c1cc(NC(=O)[C@H]2CC[C@@H](C(=O)O)C2)ccc1Cl. The van der Waals surface area contributed by atoms with Crippen LogP contribution >= 0.6 is 11.6 Å². The summed E-state index contributed by atoms with van der Waals surface area (Å²) >= 11 is 6.19. The minimum Gasteiger partial charge on any atom is -0.481 e. The highest BCUT2D eigenvalue weighted by atomic mass is 35.5. The lowest BCUT2D eigenvalue weighted by Gasteiger charge is -2.23. The molecule has 2 saturated carbocycles. The minimum atomic E-state index is -0.849. The highest BCUT2D eigenvalue weighted by Crippen LogP contribution is 2.32. The molecule has 2 aliphatic carbocycles. The molecule has 0 bridgehead atoms.